The van der Waals surface area contributed by atoms with E-state index in [4.69, 9.17) is 0 Å². The van der Waals surface area contributed by atoms with Crippen LogP contribution in [0.2, 0.25) is 0 Å². The molecule has 0 spiro atoms. The number of amides is 1. The Morgan fingerprint density at radius 2 is 2.16 bits per heavy atom. The number of fused-ring (bicyclic) bond motifs is 1. The summed E-state index contributed by atoms with van der Waals surface area (Å²) in [5.41, 5.74) is 3.36. The predicted octanol–water partition coefficient (Wildman–Crippen LogP) is 1.41. The van der Waals surface area contributed by atoms with Crippen molar-refractivity contribution in [2.75, 3.05) is 37.0 Å². The molecule has 1 fully saturated rings. The summed E-state index contributed by atoms with van der Waals surface area (Å²) in [6.45, 7) is 1.15. The third kappa shape index (κ3) is 2.10. The molecule has 1 aromatic carbocycles. The number of aliphatic hydroxyl groups is 1. The molecule has 0 radical (unpaired) electrons. The van der Waals surface area contributed by atoms with Crippen molar-refractivity contribution in [2.24, 2.45) is 5.41 Å². The van der Waals surface area contributed by atoms with Crippen molar-refractivity contribution < 1.29 is 9.90 Å². The summed E-state index contributed by atoms with van der Waals surface area (Å²) in [5, 5.41) is 9.40. The Hall–Kier alpha value is -1.55. The molecule has 1 aliphatic carbocycles. The van der Waals surface area contributed by atoms with Gasteiger partial charge in [-0.25, -0.2) is 0 Å². The predicted molar refractivity (Wildman–Crippen MR) is 75.6 cm³/mol. The molecule has 1 saturated carbocycles. The van der Waals surface area contributed by atoms with Gasteiger partial charge in [0.25, 0.3) is 0 Å². The first-order chi connectivity index (χ1) is 9.04. The summed E-state index contributed by atoms with van der Waals surface area (Å²) in [5.74, 6) is 0.156. The molecule has 1 heterocycles. The van der Waals surface area contributed by atoms with Gasteiger partial charge in [-0.1, -0.05) is 0 Å². The van der Waals surface area contributed by atoms with E-state index in [-0.39, 0.29) is 17.9 Å². The van der Waals surface area contributed by atoms with Crippen molar-refractivity contribution in [3.63, 3.8) is 0 Å². The van der Waals surface area contributed by atoms with Crippen LogP contribution in [0, 0.1) is 5.41 Å². The first-order valence-electron chi connectivity index (χ1n) is 6.76. The van der Waals surface area contributed by atoms with Gasteiger partial charge in [0.1, 0.15) is 0 Å². The summed E-state index contributed by atoms with van der Waals surface area (Å²) in [6, 6.07) is 6.18. The molecule has 1 aromatic rings. The lowest BCUT2D eigenvalue weighted by Gasteiger charge is -2.25. The molecular weight excluding hydrogens is 240 g/mol. The second kappa shape index (κ2) is 4.23. The van der Waals surface area contributed by atoms with Crippen LogP contribution in [-0.4, -0.2) is 38.3 Å². The molecule has 0 bridgehead atoms. The molecule has 4 heteroatoms. The highest BCUT2D eigenvalue weighted by atomic mass is 16.3. The first kappa shape index (κ1) is 12.5. The average Bonchev–Trinajstić information content (AvgIpc) is 3.12. The summed E-state index contributed by atoms with van der Waals surface area (Å²) < 4.78 is 0. The fourth-order valence-electron chi connectivity index (χ4n) is 2.83. The van der Waals surface area contributed by atoms with Crippen LogP contribution in [-0.2, 0) is 11.2 Å². The molecule has 0 saturated heterocycles. The molecule has 1 amide bonds. The standard InChI is InChI=1S/C15H20N2O2/c1-16(9-15(10-18)5-6-15)12-3-4-13-11(7-12)8-14(19)17(13)2/h3-4,7,18H,5-6,8-10H2,1-2H3. The topological polar surface area (TPSA) is 43.8 Å². The SMILES string of the molecule is CN(CC1(CO)CC1)c1ccc2c(c1)CC(=O)N2C. The second-order valence-electron chi connectivity index (χ2n) is 5.96. The molecule has 0 atom stereocenters. The van der Waals surface area contributed by atoms with E-state index in [1.807, 2.05) is 13.1 Å². The van der Waals surface area contributed by atoms with Gasteiger partial charge in [-0.05, 0) is 36.6 Å². The Morgan fingerprint density at radius 3 is 2.79 bits per heavy atom. The van der Waals surface area contributed by atoms with E-state index in [2.05, 4.69) is 24.1 Å². The average molecular weight is 260 g/mol. The Labute approximate surface area is 113 Å². The maximum absolute atomic E-state index is 11.7. The number of rotatable bonds is 4. The molecule has 3 rings (SSSR count). The van der Waals surface area contributed by atoms with Gasteiger partial charge in [0.2, 0.25) is 5.91 Å². The monoisotopic (exact) mass is 260 g/mol. The van der Waals surface area contributed by atoms with Gasteiger partial charge in [0.05, 0.1) is 13.0 Å². The molecule has 102 valence electrons. The van der Waals surface area contributed by atoms with Crippen molar-refractivity contribution in [2.45, 2.75) is 19.3 Å². The van der Waals surface area contributed by atoms with E-state index in [9.17, 15) is 9.90 Å². The van der Waals surface area contributed by atoms with Crippen LogP contribution in [0.5, 0.6) is 0 Å². The molecule has 1 aliphatic heterocycles. The van der Waals surface area contributed by atoms with Crippen LogP contribution in [0.3, 0.4) is 0 Å². The number of nitrogens with zero attached hydrogens (tertiary/aromatic N) is 2. The van der Waals surface area contributed by atoms with Crippen LogP contribution >= 0.6 is 0 Å². The third-order valence-electron chi connectivity index (χ3n) is 4.45. The Morgan fingerprint density at radius 1 is 1.42 bits per heavy atom. The van der Waals surface area contributed by atoms with Gasteiger partial charge in [-0.3, -0.25) is 4.79 Å². The van der Waals surface area contributed by atoms with Gasteiger partial charge in [0, 0.05) is 37.4 Å². The van der Waals surface area contributed by atoms with Gasteiger partial charge >= 0.3 is 0 Å². The quantitative estimate of drug-likeness (QED) is 0.890. The highest BCUT2D eigenvalue weighted by Gasteiger charge is 2.42. The number of carbonyl (C=O) groups excluding carboxylic acids is 1. The van der Waals surface area contributed by atoms with Crippen molar-refractivity contribution in [1.82, 2.24) is 0 Å². The first-order valence-corrected chi connectivity index (χ1v) is 6.76. The van der Waals surface area contributed by atoms with Crippen LogP contribution in [0.15, 0.2) is 18.2 Å². The minimum absolute atomic E-state index is 0.111. The maximum atomic E-state index is 11.7. The van der Waals surface area contributed by atoms with Crippen molar-refractivity contribution >= 4 is 17.3 Å². The third-order valence-corrected chi connectivity index (χ3v) is 4.45. The van der Waals surface area contributed by atoms with Crippen molar-refractivity contribution in [3.05, 3.63) is 23.8 Å². The van der Waals surface area contributed by atoms with E-state index in [1.165, 1.54) is 0 Å². The number of benzene rings is 1. The van der Waals surface area contributed by atoms with E-state index in [0.29, 0.717) is 6.42 Å². The van der Waals surface area contributed by atoms with Crippen LogP contribution in [0.25, 0.3) is 0 Å². The van der Waals surface area contributed by atoms with Gasteiger partial charge < -0.3 is 14.9 Å². The molecule has 0 unspecified atom stereocenters. The Bertz CT molecular complexity index is 523. The van der Waals surface area contributed by atoms with Gasteiger partial charge in [-0.15, -0.1) is 0 Å². The Kier molecular flexibility index (Phi) is 2.78. The molecular formula is C15H20N2O2. The van der Waals surface area contributed by atoms with E-state index in [1.54, 1.807) is 4.90 Å². The fourth-order valence-corrected chi connectivity index (χ4v) is 2.83. The van der Waals surface area contributed by atoms with Gasteiger partial charge in [0.15, 0.2) is 0 Å². The summed E-state index contributed by atoms with van der Waals surface area (Å²) in [4.78, 5) is 15.6. The van der Waals surface area contributed by atoms with Crippen LogP contribution in [0.1, 0.15) is 18.4 Å². The highest BCUT2D eigenvalue weighted by molar-refractivity contribution is 6.01. The lowest BCUT2D eigenvalue weighted by Crippen LogP contribution is -2.28. The number of carbonyl (C=O) groups is 1. The van der Waals surface area contributed by atoms with Crippen LogP contribution in [0.4, 0.5) is 11.4 Å². The minimum Gasteiger partial charge on any atom is -0.396 e. The summed E-state index contributed by atoms with van der Waals surface area (Å²) in [6.07, 6.45) is 2.72. The molecule has 1 N–H and O–H groups in total. The number of aliphatic hydroxyl groups excluding tert-OH is 1. The number of anilines is 2. The molecule has 2 aliphatic rings. The maximum Gasteiger partial charge on any atom is 0.231 e. The summed E-state index contributed by atoms with van der Waals surface area (Å²) in [7, 11) is 3.88. The normalized spacial score (nSPS) is 19.5. The molecule has 19 heavy (non-hydrogen) atoms. The smallest absolute Gasteiger partial charge is 0.231 e. The fraction of sp³-hybridized carbons (Fsp3) is 0.533. The zero-order valence-electron chi connectivity index (χ0n) is 11.5. The lowest BCUT2D eigenvalue weighted by atomic mass is 10.1. The lowest BCUT2D eigenvalue weighted by molar-refractivity contribution is -0.117. The Balaban J connectivity index is 1.79. The summed E-state index contributed by atoms with van der Waals surface area (Å²) >= 11 is 0. The number of hydrogen-bond donors (Lipinski definition) is 1. The van der Waals surface area contributed by atoms with Crippen molar-refractivity contribution in [3.8, 4) is 0 Å². The minimum atomic E-state index is 0.111. The zero-order chi connectivity index (χ0) is 13.6. The highest BCUT2D eigenvalue weighted by Crippen LogP contribution is 2.46. The second-order valence-corrected chi connectivity index (χ2v) is 5.96. The molecule has 0 aromatic heterocycles. The number of hydrogen-bond acceptors (Lipinski definition) is 3. The van der Waals surface area contributed by atoms with Crippen LogP contribution < -0.4 is 9.80 Å². The van der Waals surface area contributed by atoms with E-state index >= 15 is 0 Å². The van der Waals surface area contributed by atoms with Gasteiger partial charge in [-0.2, -0.15) is 0 Å². The largest absolute Gasteiger partial charge is 0.396 e. The number of likely N-dealkylation sites (N-methyl/N-ethyl adjacent to an activating group) is 1. The van der Waals surface area contributed by atoms with Crippen molar-refractivity contribution in [1.29, 1.82) is 0 Å². The zero-order valence-corrected chi connectivity index (χ0v) is 11.5. The van der Waals surface area contributed by atoms with E-state index < -0.39 is 0 Å². The van der Waals surface area contributed by atoms with E-state index in [0.717, 1.165) is 36.3 Å². The molecule has 4 nitrogen and oxygen atoms in total.